The number of aryl methyl sites for hydroxylation is 1. The molecule has 1 fully saturated rings. The molecule has 0 radical (unpaired) electrons. The van der Waals surface area contributed by atoms with E-state index in [1.54, 1.807) is 11.8 Å². The maximum atomic E-state index is 11.8. The summed E-state index contributed by atoms with van der Waals surface area (Å²) in [5.41, 5.74) is 1.45. The lowest BCUT2D eigenvalue weighted by molar-refractivity contribution is -0.385. The molecule has 0 aromatic heterocycles. The molecule has 1 unspecified atom stereocenters. The Kier molecular flexibility index (Phi) is 3.72. The van der Waals surface area contributed by atoms with Gasteiger partial charge in [0.1, 0.15) is 0 Å². The third-order valence-corrected chi connectivity index (χ3v) is 4.02. The number of halogens is 2. The van der Waals surface area contributed by atoms with Gasteiger partial charge in [-0.15, -0.1) is 0 Å². The van der Waals surface area contributed by atoms with Gasteiger partial charge in [0.15, 0.2) is 0 Å². The summed E-state index contributed by atoms with van der Waals surface area (Å²) in [6, 6.07) is 2.91. The van der Waals surface area contributed by atoms with Gasteiger partial charge < -0.3 is 4.90 Å². The highest BCUT2D eigenvalue weighted by molar-refractivity contribution is 9.10. The van der Waals surface area contributed by atoms with Crippen LogP contribution in [0.2, 0.25) is 0 Å². The van der Waals surface area contributed by atoms with E-state index in [1.807, 2.05) is 0 Å². The first kappa shape index (κ1) is 13.5. The number of alkyl halides is 1. The van der Waals surface area contributed by atoms with E-state index < -0.39 is 4.92 Å². The number of carbonyl (C=O) groups is 1. The maximum Gasteiger partial charge on any atom is 0.270 e. The maximum absolute atomic E-state index is 11.8. The van der Waals surface area contributed by atoms with Gasteiger partial charge in [0.2, 0.25) is 5.91 Å². The van der Waals surface area contributed by atoms with Crippen LogP contribution in [0.4, 0.5) is 11.4 Å². The van der Waals surface area contributed by atoms with Crippen molar-refractivity contribution in [1.29, 1.82) is 0 Å². The summed E-state index contributed by atoms with van der Waals surface area (Å²) in [5.74, 6) is 0.0227. The third-order valence-electron chi connectivity index (χ3n) is 2.80. The van der Waals surface area contributed by atoms with Crippen LogP contribution in [0.15, 0.2) is 16.6 Å². The Bertz CT molecular complexity index is 510. The largest absolute Gasteiger partial charge is 0.310 e. The molecule has 1 amide bonds. The Labute approximate surface area is 121 Å². The second kappa shape index (κ2) is 4.97. The lowest BCUT2D eigenvalue weighted by Gasteiger charge is -2.20. The van der Waals surface area contributed by atoms with Gasteiger partial charge in [-0.05, 0) is 28.4 Å². The third kappa shape index (κ3) is 2.42. The van der Waals surface area contributed by atoms with Crippen LogP contribution in [-0.2, 0) is 4.79 Å². The average Bonchev–Trinajstić information content (AvgIpc) is 2.56. The number of carbonyl (C=O) groups excluding carboxylic acids is 1. The Hall–Kier alpha value is -0.950. The van der Waals surface area contributed by atoms with Gasteiger partial charge in [-0.1, -0.05) is 15.9 Å². The van der Waals surface area contributed by atoms with Crippen LogP contribution in [0.1, 0.15) is 12.0 Å². The molecule has 1 saturated heterocycles. The molecule has 96 valence electrons. The normalized spacial score (nSPS) is 19.4. The van der Waals surface area contributed by atoms with E-state index >= 15 is 0 Å². The minimum atomic E-state index is -0.444. The first-order chi connectivity index (χ1) is 8.40. The quantitative estimate of drug-likeness (QED) is 0.451. The zero-order valence-corrected chi connectivity index (χ0v) is 12.7. The van der Waals surface area contributed by atoms with Crippen LogP contribution in [0.25, 0.3) is 0 Å². The number of nitro groups is 1. The lowest BCUT2D eigenvalue weighted by Crippen LogP contribution is -2.25. The van der Waals surface area contributed by atoms with E-state index in [0.29, 0.717) is 28.7 Å². The summed E-state index contributed by atoms with van der Waals surface area (Å²) in [4.78, 5) is 23.9. The van der Waals surface area contributed by atoms with Gasteiger partial charge in [-0.25, -0.2) is 0 Å². The molecule has 0 spiro atoms. The van der Waals surface area contributed by atoms with Crippen molar-refractivity contribution < 1.29 is 9.72 Å². The number of nitro benzene ring substituents is 1. The zero-order valence-electron chi connectivity index (χ0n) is 9.52. The summed E-state index contributed by atoms with van der Waals surface area (Å²) in [5, 5.41) is 10.8. The minimum absolute atomic E-state index is 0.0187. The SMILES string of the molecule is Cc1cc([N+](=O)[O-])cc(Br)c1N1CC(Br)CC1=O. The van der Waals surface area contributed by atoms with Crippen molar-refractivity contribution in [3.63, 3.8) is 0 Å². The molecule has 1 atom stereocenters. The molecule has 7 heteroatoms. The van der Waals surface area contributed by atoms with Gasteiger partial charge in [-0.3, -0.25) is 14.9 Å². The summed E-state index contributed by atoms with van der Waals surface area (Å²) < 4.78 is 0.573. The summed E-state index contributed by atoms with van der Waals surface area (Å²) >= 11 is 6.73. The number of hydrogen-bond acceptors (Lipinski definition) is 3. The van der Waals surface area contributed by atoms with E-state index in [-0.39, 0.29) is 16.4 Å². The lowest BCUT2D eigenvalue weighted by atomic mass is 10.1. The molecule has 1 aromatic carbocycles. The average molecular weight is 378 g/mol. The van der Waals surface area contributed by atoms with Crippen LogP contribution in [0, 0.1) is 17.0 Å². The van der Waals surface area contributed by atoms with E-state index in [9.17, 15) is 14.9 Å². The van der Waals surface area contributed by atoms with Crippen molar-refractivity contribution in [1.82, 2.24) is 0 Å². The van der Waals surface area contributed by atoms with Crippen molar-refractivity contribution in [3.8, 4) is 0 Å². The standard InChI is InChI=1S/C11H10Br2N2O3/c1-6-2-8(15(17)18)4-9(13)11(6)14-5-7(12)3-10(14)16/h2,4,7H,3,5H2,1H3. The van der Waals surface area contributed by atoms with Gasteiger partial charge in [0, 0.05) is 34.4 Å². The molecule has 18 heavy (non-hydrogen) atoms. The minimum Gasteiger partial charge on any atom is -0.310 e. The van der Waals surface area contributed by atoms with Crippen LogP contribution in [0.5, 0.6) is 0 Å². The second-order valence-corrected chi connectivity index (χ2v) is 6.31. The van der Waals surface area contributed by atoms with Crippen molar-refractivity contribution in [3.05, 3.63) is 32.3 Å². The van der Waals surface area contributed by atoms with Gasteiger partial charge in [0.25, 0.3) is 5.69 Å². The van der Waals surface area contributed by atoms with E-state index in [0.717, 1.165) is 0 Å². The molecule has 0 bridgehead atoms. The molecule has 1 aliphatic rings. The fourth-order valence-corrected chi connectivity index (χ4v) is 3.37. The number of anilines is 1. The predicted octanol–water partition coefficient (Wildman–Crippen LogP) is 3.17. The molecule has 2 rings (SSSR count). The van der Waals surface area contributed by atoms with E-state index in [1.165, 1.54) is 12.1 Å². The number of non-ortho nitro benzene ring substituents is 1. The van der Waals surface area contributed by atoms with Crippen molar-refractivity contribution in [2.45, 2.75) is 18.2 Å². The monoisotopic (exact) mass is 376 g/mol. The Morgan fingerprint density at radius 2 is 2.17 bits per heavy atom. The first-order valence-corrected chi connectivity index (χ1v) is 7.00. The molecule has 1 heterocycles. The summed E-state index contributed by atoms with van der Waals surface area (Å²) in [6.07, 6.45) is 0.447. The molecule has 0 N–H and O–H groups in total. The smallest absolute Gasteiger partial charge is 0.270 e. The van der Waals surface area contributed by atoms with Crippen molar-refractivity contribution in [2.24, 2.45) is 0 Å². The Balaban J connectivity index is 2.46. The highest BCUT2D eigenvalue weighted by Gasteiger charge is 2.31. The second-order valence-electron chi connectivity index (χ2n) is 4.16. The fourth-order valence-electron chi connectivity index (χ4n) is 2.05. The molecule has 1 aliphatic heterocycles. The number of benzene rings is 1. The highest BCUT2D eigenvalue weighted by Crippen LogP contribution is 2.37. The van der Waals surface area contributed by atoms with E-state index in [4.69, 9.17) is 0 Å². The van der Waals surface area contributed by atoms with Gasteiger partial charge in [0.05, 0.1) is 10.6 Å². The molecule has 1 aromatic rings. The van der Waals surface area contributed by atoms with E-state index in [2.05, 4.69) is 31.9 Å². The molecule has 0 saturated carbocycles. The topological polar surface area (TPSA) is 63.5 Å². The highest BCUT2D eigenvalue weighted by atomic mass is 79.9. The van der Waals surface area contributed by atoms with Gasteiger partial charge in [-0.2, -0.15) is 0 Å². The molecular formula is C11H10Br2N2O3. The number of amides is 1. The zero-order chi connectivity index (χ0) is 13.4. The number of rotatable bonds is 2. The van der Waals surface area contributed by atoms with Crippen LogP contribution < -0.4 is 4.90 Å². The first-order valence-electron chi connectivity index (χ1n) is 5.29. The molecule has 5 nitrogen and oxygen atoms in total. The summed E-state index contributed by atoms with van der Waals surface area (Å²) in [6.45, 7) is 2.35. The van der Waals surface area contributed by atoms with Crippen LogP contribution >= 0.6 is 31.9 Å². The van der Waals surface area contributed by atoms with Crippen molar-refractivity contribution in [2.75, 3.05) is 11.4 Å². The predicted molar refractivity (Wildman–Crippen MR) is 75.2 cm³/mol. The van der Waals surface area contributed by atoms with Crippen LogP contribution in [-0.4, -0.2) is 22.2 Å². The molecular weight excluding hydrogens is 368 g/mol. The summed E-state index contributed by atoms with van der Waals surface area (Å²) in [7, 11) is 0. The van der Waals surface area contributed by atoms with Crippen molar-refractivity contribution >= 4 is 49.1 Å². The number of hydrogen-bond donors (Lipinski definition) is 0. The fraction of sp³-hybridized carbons (Fsp3) is 0.364. The van der Waals surface area contributed by atoms with Crippen LogP contribution in [0.3, 0.4) is 0 Å². The van der Waals surface area contributed by atoms with Gasteiger partial charge >= 0.3 is 0 Å². The Morgan fingerprint density at radius 1 is 1.50 bits per heavy atom. The molecule has 0 aliphatic carbocycles. The Morgan fingerprint density at radius 3 is 2.61 bits per heavy atom. The number of nitrogens with zero attached hydrogens (tertiary/aromatic N) is 2.